The topological polar surface area (TPSA) is 31.2 Å². The molecule has 1 saturated heterocycles. The van der Waals surface area contributed by atoms with Crippen molar-refractivity contribution in [1.82, 2.24) is 4.57 Å². The van der Waals surface area contributed by atoms with Crippen LogP contribution in [0.1, 0.15) is 36.5 Å². The molecule has 1 aliphatic heterocycles. The number of hydrogen-bond acceptors (Lipinski definition) is 2. The number of hydrogen-bond donors (Lipinski definition) is 0. The number of carbonyl (C=O) groups is 1. The van der Waals surface area contributed by atoms with Crippen LogP contribution in [-0.2, 0) is 11.3 Å². The molecule has 0 radical (unpaired) electrons. The van der Waals surface area contributed by atoms with E-state index in [0.717, 1.165) is 25.1 Å². The van der Waals surface area contributed by atoms with Gasteiger partial charge in [0.1, 0.15) is 0 Å². The van der Waals surface area contributed by atoms with Crippen molar-refractivity contribution in [1.29, 1.82) is 0 Å². The van der Waals surface area contributed by atoms with Gasteiger partial charge in [-0.2, -0.15) is 0 Å². The van der Waals surface area contributed by atoms with Gasteiger partial charge in [-0.1, -0.05) is 0 Å². The van der Waals surface area contributed by atoms with Gasteiger partial charge < -0.3 is 9.30 Å². The Morgan fingerprint density at radius 3 is 3.13 bits per heavy atom. The summed E-state index contributed by atoms with van der Waals surface area (Å²) in [5.74, 6) is 0.130. The third-order valence-electron chi connectivity index (χ3n) is 2.89. The molecule has 0 bridgehead atoms. The Morgan fingerprint density at radius 1 is 1.67 bits per heavy atom. The zero-order chi connectivity index (χ0) is 10.7. The molecule has 1 aromatic rings. The summed E-state index contributed by atoms with van der Waals surface area (Å²) in [6.45, 7) is 3.45. The summed E-state index contributed by atoms with van der Waals surface area (Å²) >= 11 is 0. The van der Waals surface area contributed by atoms with Crippen molar-refractivity contribution in [3.8, 4) is 0 Å². The number of aryl methyl sites for hydroxylation is 1. The molecule has 2 heterocycles. The first-order chi connectivity index (χ1) is 7.25. The number of aromatic nitrogens is 1. The fourth-order valence-electron chi connectivity index (χ4n) is 1.95. The molecule has 1 atom stereocenters. The van der Waals surface area contributed by atoms with Crippen LogP contribution in [0.4, 0.5) is 0 Å². The van der Waals surface area contributed by atoms with Crippen LogP contribution in [0, 0.1) is 0 Å². The largest absolute Gasteiger partial charge is 0.378 e. The van der Waals surface area contributed by atoms with Crippen molar-refractivity contribution in [2.45, 2.75) is 38.8 Å². The van der Waals surface area contributed by atoms with Gasteiger partial charge in [0.15, 0.2) is 5.78 Å². The molecule has 3 heteroatoms. The second-order valence-corrected chi connectivity index (χ2v) is 4.12. The highest BCUT2D eigenvalue weighted by molar-refractivity contribution is 5.93. The van der Waals surface area contributed by atoms with Crippen LogP contribution in [0.15, 0.2) is 18.5 Å². The van der Waals surface area contributed by atoms with Gasteiger partial charge >= 0.3 is 0 Å². The van der Waals surface area contributed by atoms with Crippen LogP contribution in [0.3, 0.4) is 0 Å². The van der Waals surface area contributed by atoms with Crippen molar-refractivity contribution in [2.75, 3.05) is 6.61 Å². The average Bonchev–Trinajstić information content (AvgIpc) is 2.86. The molecular weight excluding hydrogens is 190 g/mol. The monoisotopic (exact) mass is 207 g/mol. The van der Waals surface area contributed by atoms with Crippen molar-refractivity contribution in [3.05, 3.63) is 24.0 Å². The van der Waals surface area contributed by atoms with E-state index in [1.807, 2.05) is 18.5 Å². The molecular formula is C12H17NO2. The summed E-state index contributed by atoms with van der Waals surface area (Å²) < 4.78 is 7.62. The molecule has 1 aromatic heterocycles. The second kappa shape index (κ2) is 4.62. The lowest BCUT2D eigenvalue weighted by atomic mass is 10.2. The Hall–Kier alpha value is -1.09. The zero-order valence-electron chi connectivity index (χ0n) is 9.11. The third-order valence-corrected chi connectivity index (χ3v) is 2.89. The normalized spacial score (nSPS) is 20.7. The van der Waals surface area contributed by atoms with Crippen molar-refractivity contribution in [2.24, 2.45) is 0 Å². The van der Waals surface area contributed by atoms with Gasteiger partial charge in [-0.3, -0.25) is 4.79 Å². The van der Waals surface area contributed by atoms with E-state index < -0.39 is 0 Å². The van der Waals surface area contributed by atoms with Gasteiger partial charge in [0, 0.05) is 31.1 Å². The van der Waals surface area contributed by atoms with E-state index in [2.05, 4.69) is 4.57 Å². The van der Waals surface area contributed by atoms with E-state index in [-0.39, 0.29) is 5.78 Å². The lowest BCUT2D eigenvalue weighted by molar-refractivity contribution is 0.100. The van der Waals surface area contributed by atoms with Crippen LogP contribution < -0.4 is 0 Å². The van der Waals surface area contributed by atoms with E-state index in [4.69, 9.17) is 4.74 Å². The first kappa shape index (κ1) is 10.4. The van der Waals surface area contributed by atoms with Crippen molar-refractivity contribution in [3.63, 3.8) is 0 Å². The molecule has 1 fully saturated rings. The molecule has 82 valence electrons. The quantitative estimate of drug-likeness (QED) is 0.709. The van der Waals surface area contributed by atoms with E-state index in [1.165, 1.54) is 12.8 Å². The van der Waals surface area contributed by atoms with Gasteiger partial charge in [-0.05, 0) is 32.3 Å². The van der Waals surface area contributed by atoms with E-state index in [0.29, 0.717) is 6.10 Å². The lowest BCUT2D eigenvalue weighted by Crippen LogP contribution is -2.09. The predicted octanol–water partition coefficient (Wildman–Crippen LogP) is 2.26. The summed E-state index contributed by atoms with van der Waals surface area (Å²) in [6.07, 6.45) is 7.72. The van der Waals surface area contributed by atoms with Crippen molar-refractivity contribution >= 4 is 5.78 Å². The first-order valence-electron chi connectivity index (χ1n) is 5.54. The van der Waals surface area contributed by atoms with E-state index >= 15 is 0 Å². The first-order valence-corrected chi connectivity index (χ1v) is 5.54. The lowest BCUT2D eigenvalue weighted by Gasteiger charge is -2.09. The Labute approximate surface area is 90.0 Å². The molecule has 0 amide bonds. The maximum absolute atomic E-state index is 11.1. The standard InChI is InChI=1S/C12H17NO2/c1-10(14)11-4-6-13(9-11)7-5-12-3-2-8-15-12/h4,6,9,12H,2-3,5,7-8H2,1H3. The smallest absolute Gasteiger partial charge is 0.161 e. The number of rotatable bonds is 4. The number of ether oxygens (including phenoxy) is 1. The molecule has 2 rings (SSSR count). The summed E-state index contributed by atoms with van der Waals surface area (Å²) in [7, 11) is 0. The maximum Gasteiger partial charge on any atom is 0.161 e. The van der Waals surface area contributed by atoms with Crippen molar-refractivity contribution < 1.29 is 9.53 Å². The predicted molar refractivity (Wildman–Crippen MR) is 58.0 cm³/mol. The van der Waals surface area contributed by atoms with Crippen LogP contribution in [-0.4, -0.2) is 23.1 Å². The van der Waals surface area contributed by atoms with Crippen LogP contribution in [0.25, 0.3) is 0 Å². The Morgan fingerprint density at radius 2 is 2.53 bits per heavy atom. The van der Waals surface area contributed by atoms with Crippen LogP contribution in [0.2, 0.25) is 0 Å². The summed E-state index contributed by atoms with van der Waals surface area (Å²) in [5.41, 5.74) is 0.794. The molecule has 0 N–H and O–H groups in total. The Balaban J connectivity index is 1.84. The van der Waals surface area contributed by atoms with Gasteiger partial charge in [-0.25, -0.2) is 0 Å². The maximum atomic E-state index is 11.1. The molecule has 0 aromatic carbocycles. The number of carbonyl (C=O) groups excluding carboxylic acids is 1. The highest BCUT2D eigenvalue weighted by Gasteiger charge is 2.14. The number of Topliss-reactive ketones (excluding diaryl/α,β-unsaturated/α-hetero) is 1. The van der Waals surface area contributed by atoms with Crippen LogP contribution >= 0.6 is 0 Å². The second-order valence-electron chi connectivity index (χ2n) is 4.12. The van der Waals surface area contributed by atoms with Gasteiger partial charge in [-0.15, -0.1) is 0 Å². The SMILES string of the molecule is CC(=O)c1ccn(CCC2CCCO2)c1. The summed E-state index contributed by atoms with van der Waals surface area (Å²) in [5, 5.41) is 0. The fraction of sp³-hybridized carbons (Fsp3) is 0.583. The van der Waals surface area contributed by atoms with E-state index in [1.54, 1.807) is 6.92 Å². The molecule has 1 unspecified atom stereocenters. The minimum Gasteiger partial charge on any atom is -0.378 e. The van der Waals surface area contributed by atoms with Gasteiger partial charge in [0.2, 0.25) is 0 Å². The highest BCUT2D eigenvalue weighted by atomic mass is 16.5. The number of ketones is 1. The minimum absolute atomic E-state index is 0.130. The molecule has 0 aliphatic carbocycles. The number of nitrogens with zero attached hydrogens (tertiary/aromatic N) is 1. The molecule has 0 spiro atoms. The Kier molecular flexibility index (Phi) is 3.21. The summed E-state index contributed by atoms with van der Waals surface area (Å²) in [4.78, 5) is 11.1. The van der Waals surface area contributed by atoms with Crippen LogP contribution in [0.5, 0.6) is 0 Å². The third kappa shape index (κ3) is 2.69. The van der Waals surface area contributed by atoms with Gasteiger partial charge in [0.05, 0.1) is 6.10 Å². The minimum atomic E-state index is 0.130. The molecule has 3 nitrogen and oxygen atoms in total. The highest BCUT2D eigenvalue weighted by Crippen LogP contribution is 2.16. The Bertz CT molecular complexity index is 337. The van der Waals surface area contributed by atoms with E-state index in [9.17, 15) is 4.79 Å². The van der Waals surface area contributed by atoms with Gasteiger partial charge in [0.25, 0.3) is 0 Å². The molecule has 0 saturated carbocycles. The fourth-order valence-corrected chi connectivity index (χ4v) is 1.95. The zero-order valence-corrected chi connectivity index (χ0v) is 9.11. The summed E-state index contributed by atoms with van der Waals surface area (Å²) in [6, 6.07) is 1.87. The molecule has 15 heavy (non-hydrogen) atoms. The average molecular weight is 207 g/mol. The molecule has 1 aliphatic rings.